The maximum absolute atomic E-state index is 5.79. The topological polar surface area (TPSA) is 29.3 Å². The van der Waals surface area contributed by atoms with E-state index in [1.165, 1.54) is 44.3 Å². The summed E-state index contributed by atoms with van der Waals surface area (Å²) in [6.07, 6.45) is 6.53. The first kappa shape index (κ1) is 12.6. The Hall–Kier alpha value is -0.860. The van der Waals surface area contributed by atoms with Gasteiger partial charge in [-0.2, -0.15) is 0 Å². The van der Waals surface area contributed by atoms with Crippen molar-refractivity contribution in [2.45, 2.75) is 38.1 Å². The molecule has 1 heterocycles. The van der Waals surface area contributed by atoms with E-state index in [1.54, 1.807) is 0 Å². The number of nitrogens with two attached hydrogens (primary N) is 1. The molecule has 0 spiro atoms. The fourth-order valence-corrected chi connectivity index (χ4v) is 2.80. The number of likely N-dealkylation sites (tertiary alicyclic amines) is 1. The van der Waals surface area contributed by atoms with Crippen LogP contribution < -0.4 is 5.73 Å². The normalized spacial score (nSPS) is 19.8. The van der Waals surface area contributed by atoms with Crippen molar-refractivity contribution in [1.82, 2.24) is 4.90 Å². The van der Waals surface area contributed by atoms with Gasteiger partial charge in [0.1, 0.15) is 0 Å². The van der Waals surface area contributed by atoms with Crippen LogP contribution in [-0.4, -0.2) is 24.5 Å². The van der Waals surface area contributed by atoms with Gasteiger partial charge in [-0.25, -0.2) is 0 Å². The van der Waals surface area contributed by atoms with Crippen molar-refractivity contribution < 1.29 is 0 Å². The van der Waals surface area contributed by atoms with Gasteiger partial charge in [-0.1, -0.05) is 43.2 Å². The SMILES string of the molecule is NCCC(c1ccccc1)N1CCCCCC1. The van der Waals surface area contributed by atoms with Gasteiger partial charge in [-0.05, 0) is 44.5 Å². The molecular formula is C15H24N2. The largest absolute Gasteiger partial charge is 0.330 e. The van der Waals surface area contributed by atoms with Gasteiger partial charge >= 0.3 is 0 Å². The average Bonchev–Trinajstić information content (AvgIpc) is 2.66. The third-order valence-electron chi connectivity index (χ3n) is 3.71. The summed E-state index contributed by atoms with van der Waals surface area (Å²) in [6, 6.07) is 11.4. The highest BCUT2D eigenvalue weighted by Crippen LogP contribution is 2.26. The van der Waals surface area contributed by atoms with Crippen molar-refractivity contribution in [2.24, 2.45) is 5.73 Å². The van der Waals surface area contributed by atoms with Crippen LogP contribution in [0.15, 0.2) is 30.3 Å². The lowest BCUT2D eigenvalue weighted by Crippen LogP contribution is -2.31. The molecule has 2 heteroatoms. The van der Waals surface area contributed by atoms with Gasteiger partial charge < -0.3 is 5.73 Å². The predicted octanol–water partition coefficient (Wildman–Crippen LogP) is 2.95. The Morgan fingerprint density at radius 2 is 1.65 bits per heavy atom. The number of hydrogen-bond donors (Lipinski definition) is 1. The van der Waals surface area contributed by atoms with Crippen molar-refractivity contribution in [3.63, 3.8) is 0 Å². The third-order valence-corrected chi connectivity index (χ3v) is 3.71. The molecule has 1 aliphatic heterocycles. The maximum Gasteiger partial charge on any atom is 0.0360 e. The van der Waals surface area contributed by atoms with E-state index in [4.69, 9.17) is 5.73 Å². The van der Waals surface area contributed by atoms with Crippen molar-refractivity contribution in [3.05, 3.63) is 35.9 Å². The Bertz CT molecular complexity index is 302. The molecule has 0 radical (unpaired) electrons. The quantitative estimate of drug-likeness (QED) is 0.865. The molecule has 1 aromatic rings. The van der Waals surface area contributed by atoms with Gasteiger partial charge in [0.05, 0.1) is 0 Å². The molecular weight excluding hydrogens is 208 g/mol. The zero-order valence-electron chi connectivity index (χ0n) is 10.6. The Labute approximate surface area is 105 Å². The summed E-state index contributed by atoms with van der Waals surface area (Å²) >= 11 is 0. The Morgan fingerprint density at radius 1 is 1.00 bits per heavy atom. The van der Waals surface area contributed by atoms with Crippen LogP contribution in [0, 0.1) is 0 Å². The molecule has 0 aliphatic carbocycles. The summed E-state index contributed by atoms with van der Waals surface area (Å²) in [5, 5.41) is 0. The third kappa shape index (κ3) is 3.55. The summed E-state index contributed by atoms with van der Waals surface area (Å²) in [5.74, 6) is 0. The smallest absolute Gasteiger partial charge is 0.0360 e. The monoisotopic (exact) mass is 232 g/mol. The minimum Gasteiger partial charge on any atom is -0.330 e. The zero-order chi connectivity index (χ0) is 11.9. The molecule has 1 fully saturated rings. The number of hydrogen-bond acceptors (Lipinski definition) is 2. The van der Waals surface area contributed by atoms with Crippen LogP contribution >= 0.6 is 0 Å². The van der Waals surface area contributed by atoms with Crippen molar-refractivity contribution in [2.75, 3.05) is 19.6 Å². The van der Waals surface area contributed by atoms with Crippen molar-refractivity contribution in [1.29, 1.82) is 0 Å². The highest BCUT2D eigenvalue weighted by Gasteiger charge is 2.20. The van der Waals surface area contributed by atoms with Gasteiger partial charge in [0.25, 0.3) is 0 Å². The van der Waals surface area contributed by atoms with Crippen LogP contribution in [0.2, 0.25) is 0 Å². The molecule has 1 atom stereocenters. The molecule has 1 aliphatic rings. The maximum atomic E-state index is 5.79. The Morgan fingerprint density at radius 3 is 2.24 bits per heavy atom. The fraction of sp³-hybridized carbons (Fsp3) is 0.600. The van der Waals surface area contributed by atoms with Crippen LogP contribution in [0.5, 0.6) is 0 Å². The molecule has 1 aromatic carbocycles. The van der Waals surface area contributed by atoms with E-state index >= 15 is 0 Å². The predicted molar refractivity (Wildman–Crippen MR) is 72.9 cm³/mol. The second-order valence-electron chi connectivity index (χ2n) is 4.95. The second kappa shape index (κ2) is 6.77. The molecule has 2 nitrogen and oxygen atoms in total. The highest BCUT2D eigenvalue weighted by molar-refractivity contribution is 5.19. The number of rotatable bonds is 4. The standard InChI is InChI=1S/C15H24N2/c16-11-10-15(14-8-4-3-5-9-14)17-12-6-1-2-7-13-17/h3-5,8-9,15H,1-2,6-7,10-13,16H2. The van der Waals surface area contributed by atoms with E-state index in [0.29, 0.717) is 6.04 Å². The second-order valence-corrected chi connectivity index (χ2v) is 4.95. The average molecular weight is 232 g/mol. The number of nitrogens with zero attached hydrogens (tertiary/aromatic N) is 1. The van der Waals surface area contributed by atoms with Crippen LogP contribution in [0.25, 0.3) is 0 Å². The van der Waals surface area contributed by atoms with Gasteiger partial charge in [0, 0.05) is 6.04 Å². The van der Waals surface area contributed by atoms with Gasteiger partial charge in [-0.3, -0.25) is 4.90 Å². The molecule has 0 saturated carbocycles. The lowest BCUT2D eigenvalue weighted by Gasteiger charge is -2.30. The lowest BCUT2D eigenvalue weighted by atomic mass is 10.0. The van der Waals surface area contributed by atoms with Crippen LogP contribution in [0.1, 0.15) is 43.7 Å². The molecule has 0 bridgehead atoms. The van der Waals surface area contributed by atoms with E-state index in [0.717, 1.165) is 13.0 Å². The Kier molecular flexibility index (Phi) is 5.02. The summed E-state index contributed by atoms with van der Waals surface area (Å²) in [6.45, 7) is 3.25. The van der Waals surface area contributed by atoms with Crippen LogP contribution in [0.3, 0.4) is 0 Å². The van der Waals surface area contributed by atoms with E-state index in [2.05, 4.69) is 35.2 Å². The summed E-state index contributed by atoms with van der Waals surface area (Å²) in [4.78, 5) is 2.63. The molecule has 2 N–H and O–H groups in total. The van der Waals surface area contributed by atoms with Crippen LogP contribution in [0.4, 0.5) is 0 Å². The first-order valence-corrected chi connectivity index (χ1v) is 6.91. The summed E-state index contributed by atoms with van der Waals surface area (Å²) < 4.78 is 0. The van der Waals surface area contributed by atoms with Gasteiger partial charge in [0.2, 0.25) is 0 Å². The lowest BCUT2D eigenvalue weighted by molar-refractivity contribution is 0.197. The molecule has 2 rings (SSSR count). The van der Waals surface area contributed by atoms with E-state index in [-0.39, 0.29) is 0 Å². The first-order chi connectivity index (χ1) is 8.42. The summed E-state index contributed by atoms with van der Waals surface area (Å²) in [7, 11) is 0. The molecule has 0 aromatic heterocycles. The van der Waals surface area contributed by atoms with Gasteiger partial charge in [-0.15, -0.1) is 0 Å². The minimum absolute atomic E-state index is 0.527. The molecule has 1 saturated heterocycles. The summed E-state index contributed by atoms with van der Waals surface area (Å²) in [5.41, 5.74) is 7.22. The van der Waals surface area contributed by atoms with E-state index < -0.39 is 0 Å². The Balaban J connectivity index is 2.10. The van der Waals surface area contributed by atoms with E-state index in [1.807, 2.05) is 0 Å². The molecule has 94 valence electrons. The molecule has 17 heavy (non-hydrogen) atoms. The van der Waals surface area contributed by atoms with E-state index in [9.17, 15) is 0 Å². The molecule has 1 unspecified atom stereocenters. The number of benzene rings is 1. The van der Waals surface area contributed by atoms with Crippen LogP contribution in [-0.2, 0) is 0 Å². The van der Waals surface area contributed by atoms with Gasteiger partial charge in [0.15, 0.2) is 0 Å². The van der Waals surface area contributed by atoms with Crippen molar-refractivity contribution in [3.8, 4) is 0 Å². The minimum atomic E-state index is 0.527. The first-order valence-electron chi connectivity index (χ1n) is 6.91. The molecule has 0 amide bonds. The fourth-order valence-electron chi connectivity index (χ4n) is 2.80. The van der Waals surface area contributed by atoms with Crippen molar-refractivity contribution >= 4 is 0 Å². The zero-order valence-corrected chi connectivity index (χ0v) is 10.6. The highest BCUT2D eigenvalue weighted by atomic mass is 15.2.